The Morgan fingerprint density at radius 3 is 2.31 bits per heavy atom. The van der Waals surface area contributed by atoms with Crippen molar-refractivity contribution in [2.75, 3.05) is 17.7 Å². The number of hydrogen-bond donors (Lipinski definition) is 2. The van der Waals surface area contributed by atoms with E-state index in [4.69, 9.17) is 15.2 Å². The van der Waals surface area contributed by atoms with Gasteiger partial charge in [-0.2, -0.15) is 4.98 Å². The van der Waals surface area contributed by atoms with Gasteiger partial charge in [0, 0.05) is 5.69 Å². The van der Waals surface area contributed by atoms with Crippen molar-refractivity contribution in [3.63, 3.8) is 0 Å². The molecule has 2 aromatic carbocycles. The van der Waals surface area contributed by atoms with Gasteiger partial charge in [-0.15, -0.1) is 0 Å². The van der Waals surface area contributed by atoms with Crippen molar-refractivity contribution in [2.45, 2.75) is 39.5 Å². The first-order chi connectivity index (χ1) is 14.1. The van der Waals surface area contributed by atoms with Gasteiger partial charge >= 0.3 is 0 Å². The van der Waals surface area contributed by atoms with Crippen LogP contribution in [0.2, 0.25) is 0 Å². The third kappa shape index (κ3) is 5.60. The maximum absolute atomic E-state index is 6.23. The fourth-order valence-electron chi connectivity index (χ4n) is 2.70. The van der Waals surface area contributed by atoms with Crippen LogP contribution >= 0.6 is 0 Å². The first kappa shape index (κ1) is 20.5. The normalized spacial score (nSPS) is 10.8. The van der Waals surface area contributed by atoms with Gasteiger partial charge in [-0.05, 0) is 54.3 Å². The van der Waals surface area contributed by atoms with E-state index >= 15 is 0 Å². The van der Waals surface area contributed by atoms with Gasteiger partial charge in [0.2, 0.25) is 5.88 Å². The van der Waals surface area contributed by atoms with Crippen LogP contribution in [0.15, 0.2) is 54.9 Å². The van der Waals surface area contributed by atoms with Gasteiger partial charge in [-0.1, -0.05) is 39.3 Å². The average Bonchev–Trinajstić information content (AvgIpc) is 2.73. The summed E-state index contributed by atoms with van der Waals surface area (Å²) in [5, 5.41) is 3.21. The fourth-order valence-corrected chi connectivity index (χ4v) is 2.70. The minimum atomic E-state index is 0.319. The Hall–Kier alpha value is -3.28. The zero-order valence-corrected chi connectivity index (χ0v) is 17.2. The van der Waals surface area contributed by atoms with Gasteiger partial charge < -0.3 is 20.5 Å². The summed E-state index contributed by atoms with van der Waals surface area (Å²) in [5.41, 5.74) is 8.68. The monoisotopic (exact) mass is 392 g/mol. The molecule has 0 unspecified atom stereocenters. The average molecular weight is 393 g/mol. The minimum absolute atomic E-state index is 0.319. The van der Waals surface area contributed by atoms with Crippen LogP contribution in [0, 0.1) is 0 Å². The summed E-state index contributed by atoms with van der Waals surface area (Å²) in [7, 11) is 0. The zero-order chi connectivity index (χ0) is 20.6. The number of anilines is 3. The molecule has 0 aliphatic heterocycles. The first-order valence-corrected chi connectivity index (χ1v) is 9.95. The van der Waals surface area contributed by atoms with Crippen LogP contribution in [0.25, 0.3) is 0 Å². The minimum Gasteiger partial charge on any atom is -0.494 e. The molecule has 0 atom stereocenters. The quantitative estimate of drug-likeness (QED) is 0.441. The Morgan fingerprint density at radius 2 is 1.66 bits per heavy atom. The predicted octanol–water partition coefficient (Wildman–Crippen LogP) is 5.90. The molecule has 0 saturated heterocycles. The lowest BCUT2D eigenvalue weighted by Crippen LogP contribution is -2.03. The number of benzene rings is 2. The summed E-state index contributed by atoms with van der Waals surface area (Å²) >= 11 is 0. The molecule has 29 heavy (non-hydrogen) atoms. The molecule has 0 saturated carbocycles. The predicted molar refractivity (Wildman–Crippen MR) is 117 cm³/mol. The lowest BCUT2D eigenvalue weighted by atomic mass is 10.0. The van der Waals surface area contributed by atoms with Crippen LogP contribution in [-0.4, -0.2) is 16.6 Å². The second-order valence-corrected chi connectivity index (χ2v) is 7.12. The Morgan fingerprint density at radius 1 is 0.966 bits per heavy atom. The van der Waals surface area contributed by atoms with Gasteiger partial charge in [-0.3, -0.25) is 0 Å². The number of aromatic nitrogens is 2. The summed E-state index contributed by atoms with van der Waals surface area (Å²) in [6.45, 7) is 7.17. The van der Waals surface area contributed by atoms with Crippen LogP contribution in [0.3, 0.4) is 0 Å². The number of hydrogen-bond acceptors (Lipinski definition) is 6. The van der Waals surface area contributed by atoms with Gasteiger partial charge in [0.25, 0.3) is 0 Å². The SMILES string of the molecule is CCCCOc1ccc(Nc2ncnc(Oc3ccc(C(C)C)cc3)c2N)cc1. The summed E-state index contributed by atoms with van der Waals surface area (Å²) in [4.78, 5) is 8.41. The molecule has 0 amide bonds. The zero-order valence-electron chi connectivity index (χ0n) is 17.2. The van der Waals surface area contributed by atoms with Crippen molar-refractivity contribution in [3.8, 4) is 17.4 Å². The number of ether oxygens (including phenoxy) is 2. The van der Waals surface area contributed by atoms with Crippen LogP contribution in [0.1, 0.15) is 45.1 Å². The molecule has 6 nitrogen and oxygen atoms in total. The van der Waals surface area contributed by atoms with Crippen LogP contribution in [-0.2, 0) is 0 Å². The standard InChI is InChI=1S/C23H28N4O2/c1-4-5-14-28-19-12-8-18(9-13-19)27-22-21(24)23(26-15-25-22)29-20-10-6-17(7-11-20)16(2)3/h6-13,15-16H,4-5,14,24H2,1-3H3,(H,25,26,27). The van der Waals surface area contributed by atoms with Crippen molar-refractivity contribution in [3.05, 3.63) is 60.4 Å². The molecule has 0 spiro atoms. The highest BCUT2D eigenvalue weighted by molar-refractivity contribution is 5.72. The number of nitrogens with one attached hydrogen (secondary N) is 1. The Labute approximate surface area is 172 Å². The lowest BCUT2D eigenvalue weighted by Gasteiger charge is -2.13. The second kappa shape index (κ2) is 9.78. The van der Waals surface area contributed by atoms with E-state index in [2.05, 4.69) is 36.1 Å². The van der Waals surface area contributed by atoms with E-state index in [1.165, 1.54) is 11.9 Å². The second-order valence-electron chi connectivity index (χ2n) is 7.12. The molecule has 6 heteroatoms. The van der Waals surface area contributed by atoms with Crippen LogP contribution in [0.5, 0.6) is 17.4 Å². The number of nitrogens with zero attached hydrogens (tertiary/aromatic N) is 2. The van der Waals surface area contributed by atoms with Crippen LogP contribution < -0.4 is 20.5 Å². The summed E-state index contributed by atoms with van der Waals surface area (Å²) in [5.74, 6) is 2.80. The van der Waals surface area contributed by atoms with Crippen molar-refractivity contribution in [1.29, 1.82) is 0 Å². The van der Waals surface area contributed by atoms with E-state index in [9.17, 15) is 0 Å². The van der Waals surface area contributed by atoms with Gasteiger partial charge in [0.05, 0.1) is 6.61 Å². The van der Waals surface area contributed by atoms with E-state index in [-0.39, 0.29) is 0 Å². The number of nitrogens with two attached hydrogens (primary N) is 1. The van der Waals surface area contributed by atoms with Crippen molar-refractivity contribution >= 4 is 17.2 Å². The molecular formula is C23H28N4O2. The molecule has 3 N–H and O–H groups in total. The topological polar surface area (TPSA) is 82.3 Å². The molecule has 0 bridgehead atoms. The summed E-state index contributed by atoms with van der Waals surface area (Å²) in [6, 6.07) is 15.6. The molecular weight excluding hydrogens is 364 g/mol. The molecule has 0 aliphatic rings. The Balaban J connectivity index is 1.68. The van der Waals surface area contributed by atoms with Crippen molar-refractivity contribution in [2.24, 2.45) is 0 Å². The third-order valence-corrected chi connectivity index (χ3v) is 4.49. The van der Waals surface area contributed by atoms with E-state index in [0.717, 1.165) is 30.9 Å². The molecule has 0 radical (unpaired) electrons. The first-order valence-electron chi connectivity index (χ1n) is 9.95. The van der Waals surface area contributed by atoms with Crippen LogP contribution in [0.4, 0.5) is 17.2 Å². The fraction of sp³-hybridized carbons (Fsp3) is 0.304. The number of rotatable bonds is 9. The summed E-state index contributed by atoms with van der Waals surface area (Å²) < 4.78 is 11.5. The van der Waals surface area contributed by atoms with Gasteiger partial charge in [0.1, 0.15) is 23.5 Å². The van der Waals surface area contributed by atoms with E-state index < -0.39 is 0 Å². The molecule has 3 aromatic rings. The van der Waals surface area contributed by atoms with Gasteiger partial charge in [-0.25, -0.2) is 4.98 Å². The third-order valence-electron chi connectivity index (χ3n) is 4.49. The molecule has 152 valence electrons. The Kier molecular flexibility index (Phi) is 6.89. The number of nitrogen functional groups attached to an aromatic ring is 1. The lowest BCUT2D eigenvalue weighted by molar-refractivity contribution is 0.309. The molecule has 3 rings (SSSR count). The smallest absolute Gasteiger partial charge is 0.248 e. The molecule has 1 heterocycles. The highest BCUT2D eigenvalue weighted by Gasteiger charge is 2.11. The van der Waals surface area contributed by atoms with Crippen molar-refractivity contribution < 1.29 is 9.47 Å². The highest BCUT2D eigenvalue weighted by atomic mass is 16.5. The van der Waals surface area contributed by atoms with Gasteiger partial charge in [0.15, 0.2) is 5.82 Å². The van der Waals surface area contributed by atoms with E-state index in [0.29, 0.717) is 29.1 Å². The number of unbranched alkanes of at least 4 members (excludes halogenated alkanes) is 1. The molecule has 0 aliphatic carbocycles. The maximum Gasteiger partial charge on any atom is 0.248 e. The van der Waals surface area contributed by atoms with E-state index in [1.807, 2.05) is 48.5 Å². The largest absolute Gasteiger partial charge is 0.494 e. The van der Waals surface area contributed by atoms with E-state index in [1.54, 1.807) is 0 Å². The Bertz CT molecular complexity index is 909. The maximum atomic E-state index is 6.23. The highest BCUT2D eigenvalue weighted by Crippen LogP contribution is 2.31. The molecule has 0 fully saturated rings. The molecule has 1 aromatic heterocycles. The summed E-state index contributed by atoms with van der Waals surface area (Å²) in [6.07, 6.45) is 3.58. The van der Waals surface area contributed by atoms with Crippen molar-refractivity contribution in [1.82, 2.24) is 9.97 Å².